The van der Waals surface area contributed by atoms with E-state index in [1.165, 1.54) is 0 Å². The van der Waals surface area contributed by atoms with Crippen LogP contribution in [-0.2, 0) is 17.8 Å². The summed E-state index contributed by atoms with van der Waals surface area (Å²) in [5.74, 6) is 1.80. The third kappa shape index (κ3) is 5.95. The summed E-state index contributed by atoms with van der Waals surface area (Å²) in [5.41, 5.74) is 4.74. The van der Waals surface area contributed by atoms with Gasteiger partial charge in [0.25, 0.3) is 5.91 Å². The Morgan fingerprint density at radius 3 is 2.65 bits per heavy atom. The molecule has 3 aromatic carbocycles. The molecule has 0 saturated heterocycles. The molecule has 4 aromatic rings. The lowest BCUT2D eigenvalue weighted by molar-refractivity contribution is -0.118. The number of hydrogen-bond acceptors (Lipinski definition) is 5. The highest BCUT2D eigenvalue weighted by Crippen LogP contribution is 2.36. The van der Waals surface area contributed by atoms with Crippen molar-refractivity contribution in [3.05, 3.63) is 82.1 Å². The molecule has 4 rings (SSSR count). The van der Waals surface area contributed by atoms with Crippen molar-refractivity contribution in [3.63, 3.8) is 0 Å². The van der Waals surface area contributed by atoms with Gasteiger partial charge in [0.05, 0.1) is 18.1 Å². The van der Waals surface area contributed by atoms with Gasteiger partial charge in [0.1, 0.15) is 5.82 Å². The van der Waals surface area contributed by atoms with Crippen molar-refractivity contribution < 1.29 is 14.3 Å². The van der Waals surface area contributed by atoms with Crippen LogP contribution < -0.4 is 20.1 Å². The number of carbonyl (C=O) groups excluding carboxylic acids is 1. The number of amides is 1. The molecule has 0 radical (unpaired) electrons. The maximum absolute atomic E-state index is 12.4. The fraction of sp³-hybridized carbons (Fsp3) is 0.231. The normalized spacial score (nSPS) is 10.9. The smallest absolute Gasteiger partial charge is 0.262 e. The van der Waals surface area contributed by atoms with E-state index in [1.807, 2.05) is 67.6 Å². The van der Waals surface area contributed by atoms with Gasteiger partial charge in [-0.1, -0.05) is 45.8 Å². The van der Waals surface area contributed by atoms with Crippen molar-refractivity contribution in [2.45, 2.75) is 19.9 Å². The van der Waals surface area contributed by atoms with E-state index >= 15 is 0 Å². The maximum atomic E-state index is 12.4. The Labute approximate surface area is 207 Å². The standard InChI is InChI=1S/C26H27BrN4O3/c1-17-7-9-18(10-8-17)29-25(32)16-34-26-19(20(27)11-12-23(26)33-2)15-28-14-13-24-30-21-5-3-4-6-22(21)31-24/h3-12,28H,13-16H2,1-2H3,(H,29,32)(H,30,31). The number of benzene rings is 3. The van der Waals surface area contributed by atoms with Gasteiger partial charge < -0.3 is 25.1 Å². The van der Waals surface area contributed by atoms with Gasteiger partial charge in [0.2, 0.25) is 0 Å². The van der Waals surface area contributed by atoms with E-state index in [0.29, 0.717) is 18.0 Å². The van der Waals surface area contributed by atoms with Gasteiger partial charge >= 0.3 is 0 Å². The first-order chi connectivity index (χ1) is 16.5. The molecule has 0 unspecified atom stereocenters. The molecule has 1 aromatic heterocycles. The van der Waals surface area contributed by atoms with E-state index in [9.17, 15) is 4.79 Å². The molecular formula is C26H27BrN4O3. The Morgan fingerprint density at radius 2 is 1.88 bits per heavy atom. The number of ether oxygens (including phenoxy) is 2. The molecule has 34 heavy (non-hydrogen) atoms. The molecule has 0 saturated carbocycles. The van der Waals surface area contributed by atoms with E-state index in [1.54, 1.807) is 7.11 Å². The molecule has 1 heterocycles. The van der Waals surface area contributed by atoms with Gasteiger partial charge in [-0.25, -0.2) is 4.98 Å². The second kappa shape index (κ2) is 11.2. The van der Waals surface area contributed by atoms with Crippen LogP contribution in [0.15, 0.2) is 65.1 Å². The van der Waals surface area contributed by atoms with Crippen LogP contribution >= 0.6 is 15.9 Å². The van der Waals surface area contributed by atoms with Crippen LogP contribution in [0.4, 0.5) is 5.69 Å². The zero-order chi connectivity index (χ0) is 23.9. The number of nitrogens with one attached hydrogen (secondary N) is 3. The molecule has 3 N–H and O–H groups in total. The van der Waals surface area contributed by atoms with Crippen LogP contribution in [0.25, 0.3) is 11.0 Å². The zero-order valence-electron chi connectivity index (χ0n) is 19.2. The molecule has 176 valence electrons. The monoisotopic (exact) mass is 522 g/mol. The van der Waals surface area contributed by atoms with Gasteiger partial charge in [-0.2, -0.15) is 0 Å². The highest BCUT2D eigenvalue weighted by Gasteiger charge is 2.16. The van der Waals surface area contributed by atoms with Gasteiger partial charge in [0, 0.05) is 35.2 Å². The first kappa shape index (κ1) is 23.8. The quantitative estimate of drug-likeness (QED) is 0.255. The molecule has 0 aliphatic rings. The summed E-state index contributed by atoms with van der Waals surface area (Å²) in [6, 6.07) is 19.3. The number of aromatic nitrogens is 2. The van der Waals surface area contributed by atoms with Gasteiger partial charge in [-0.05, 0) is 43.3 Å². The molecule has 0 atom stereocenters. The largest absolute Gasteiger partial charge is 0.493 e. The topological polar surface area (TPSA) is 88.3 Å². The van der Waals surface area contributed by atoms with E-state index in [0.717, 1.165) is 51.1 Å². The summed E-state index contributed by atoms with van der Waals surface area (Å²) >= 11 is 3.60. The third-order valence-electron chi connectivity index (χ3n) is 5.35. The number of hydrogen-bond donors (Lipinski definition) is 3. The summed E-state index contributed by atoms with van der Waals surface area (Å²) in [4.78, 5) is 20.4. The van der Waals surface area contributed by atoms with Gasteiger partial charge in [-0.15, -0.1) is 0 Å². The average molecular weight is 523 g/mol. The first-order valence-corrected chi connectivity index (χ1v) is 11.8. The Bertz CT molecular complexity index is 1240. The highest BCUT2D eigenvalue weighted by molar-refractivity contribution is 9.10. The number of aryl methyl sites for hydroxylation is 1. The summed E-state index contributed by atoms with van der Waals surface area (Å²) in [6.07, 6.45) is 0.755. The summed E-state index contributed by atoms with van der Waals surface area (Å²) in [6.45, 7) is 3.12. The van der Waals surface area contributed by atoms with Crippen LogP contribution in [0.3, 0.4) is 0 Å². The summed E-state index contributed by atoms with van der Waals surface area (Å²) < 4.78 is 12.3. The molecule has 8 heteroatoms. The number of nitrogens with zero attached hydrogens (tertiary/aromatic N) is 1. The van der Waals surface area contributed by atoms with Gasteiger partial charge in [-0.3, -0.25) is 4.79 Å². The minimum atomic E-state index is -0.241. The second-order valence-electron chi connectivity index (χ2n) is 7.89. The number of halogens is 1. The average Bonchev–Trinajstić information content (AvgIpc) is 3.26. The first-order valence-electron chi connectivity index (χ1n) is 11.0. The van der Waals surface area contributed by atoms with Crippen LogP contribution in [0.2, 0.25) is 0 Å². The second-order valence-corrected chi connectivity index (χ2v) is 8.74. The number of aromatic amines is 1. The number of anilines is 1. The minimum Gasteiger partial charge on any atom is -0.493 e. The van der Waals surface area contributed by atoms with Crippen molar-refractivity contribution in [2.24, 2.45) is 0 Å². The number of rotatable bonds is 10. The molecule has 0 aliphatic carbocycles. The van der Waals surface area contributed by atoms with Crippen molar-refractivity contribution in [2.75, 3.05) is 25.6 Å². The van der Waals surface area contributed by atoms with Crippen molar-refractivity contribution in [1.29, 1.82) is 0 Å². The molecular weight excluding hydrogens is 496 g/mol. The number of fused-ring (bicyclic) bond motifs is 1. The number of H-pyrrole nitrogens is 1. The number of imidazole rings is 1. The molecule has 0 bridgehead atoms. The molecule has 0 fully saturated rings. The van der Waals surface area contributed by atoms with Crippen LogP contribution in [0.1, 0.15) is 17.0 Å². The Morgan fingerprint density at radius 1 is 1.09 bits per heavy atom. The minimum absolute atomic E-state index is 0.132. The SMILES string of the molecule is COc1ccc(Br)c(CNCCc2nc3ccccc3[nH]2)c1OCC(=O)Nc1ccc(C)cc1. The number of carbonyl (C=O) groups is 1. The summed E-state index contributed by atoms with van der Waals surface area (Å²) in [7, 11) is 1.58. The van der Waals surface area contributed by atoms with Crippen LogP contribution in [-0.4, -0.2) is 36.1 Å². The number of para-hydroxylation sites is 2. The molecule has 7 nitrogen and oxygen atoms in total. The Hall–Kier alpha value is -3.36. The molecule has 1 amide bonds. The summed E-state index contributed by atoms with van der Waals surface area (Å²) in [5, 5.41) is 6.28. The highest BCUT2D eigenvalue weighted by atomic mass is 79.9. The lowest BCUT2D eigenvalue weighted by atomic mass is 10.1. The Kier molecular flexibility index (Phi) is 7.82. The van der Waals surface area contributed by atoms with Crippen LogP contribution in [0.5, 0.6) is 11.5 Å². The molecule has 0 spiro atoms. The lowest BCUT2D eigenvalue weighted by Crippen LogP contribution is -2.22. The third-order valence-corrected chi connectivity index (χ3v) is 6.09. The van der Waals surface area contributed by atoms with Crippen molar-refractivity contribution in [3.8, 4) is 11.5 Å². The van der Waals surface area contributed by atoms with Gasteiger partial charge in [0.15, 0.2) is 18.1 Å². The fourth-order valence-electron chi connectivity index (χ4n) is 3.58. The van der Waals surface area contributed by atoms with E-state index in [4.69, 9.17) is 9.47 Å². The van der Waals surface area contributed by atoms with Crippen molar-refractivity contribution >= 4 is 38.6 Å². The Balaban J connectivity index is 1.37. The maximum Gasteiger partial charge on any atom is 0.262 e. The zero-order valence-corrected chi connectivity index (χ0v) is 20.7. The van der Waals surface area contributed by atoms with E-state index in [2.05, 4.69) is 36.5 Å². The van der Waals surface area contributed by atoms with E-state index in [-0.39, 0.29) is 12.5 Å². The van der Waals surface area contributed by atoms with Crippen LogP contribution in [0, 0.1) is 6.92 Å². The molecule has 0 aliphatic heterocycles. The van der Waals surface area contributed by atoms with E-state index < -0.39 is 0 Å². The lowest BCUT2D eigenvalue weighted by Gasteiger charge is -2.17. The number of methoxy groups -OCH3 is 1. The fourth-order valence-corrected chi connectivity index (χ4v) is 4.03. The predicted octanol–water partition coefficient (Wildman–Crippen LogP) is 4.99. The predicted molar refractivity (Wildman–Crippen MR) is 138 cm³/mol. The van der Waals surface area contributed by atoms with Crippen molar-refractivity contribution in [1.82, 2.24) is 15.3 Å².